The third-order valence-electron chi connectivity index (χ3n) is 3.90. The maximum atomic E-state index is 14.0. The summed E-state index contributed by atoms with van der Waals surface area (Å²) in [7, 11) is 0. The Balaban J connectivity index is 1.80. The largest absolute Gasteiger partial charge is 0.349 e. The van der Waals surface area contributed by atoms with Crippen molar-refractivity contribution >= 4 is 5.69 Å². The first-order chi connectivity index (χ1) is 10.1. The van der Waals surface area contributed by atoms with Crippen molar-refractivity contribution in [2.24, 2.45) is 11.7 Å². The Kier molecular flexibility index (Phi) is 3.47. The van der Waals surface area contributed by atoms with Crippen LogP contribution in [0.4, 0.5) is 10.1 Å². The molecule has 1 aliphatic rings. The molecule has 1 unspecified atom stereocenters. The smallest absolute Gasteiger partial charge is 0.305 e. The van der Waals surface area contributed by atoms with Crippen molar-refractivity contribution in [1.29, 1.82) is 0 Å². The van der Waals surface area contributed by atoms with Crippen LogP contribution in [0.3, 0.4) is 0 Å². The van der Waals surface area contributed by atoms with E-state index in [1.165, 1.54) is 12.1 Å². The van der Waals surface area contributed by atoms with Gasteiger partial charge in [-0.05, 0) is 30.4 Å². The van der Waals surface area contributed by atoms with E-state index in [1.54, 1.807) is 10.6 Å². The molecule has 0 amide bonds. The standard InChI is InChI=1S/C15H16FN3O2/c16-14-11(2-1-3-13(14)19(20)21)8-18-7-6-12(9-18)15(17)10-4-5-10/h1-3,6-7,9-10,15H,4-5,8,17H2. The van der Waals surface area contributed by atoms with Crippen molar-refractivity contribution in [3.05, 3.63) is 63.7 Å². The molecule has 1 saturated carbocycles. The first kappa shape index (κ1) is 13.8. The molecule has 1 aliphatic carbocycles. The van der Waals surface area contributed by atoms with Gasteiger partial charge in [-0.3, -0.25) is 10.1 Å². The van der Waals surface area contributed by atoms with E-state index in [9.17, 15) is 14.5 Å². The van der Waals surface area contributed by atoms with Crippen molar-refractivity contribution in [2.75, 3.05) is 0 Å². The molecule has 1 heterocycles. The third kappa shape index (κ3) is 2.80. The lowest BCUT2D eigenvalue weighted by atomic mass is 10.1. The second-order valence-corrected chi connectivity index (χ2v) is 5.49. The Morgan fingerprint density at radius 3 is 2.86 bits per heavy atom. The summed E-state index contributed by atoms with van der Waals surface area (Å²) < 4.78 is 15.8. The highest BCUT2D eigenvalue weighted by atomic mass is 19.1. The zero-order valence-electron chi connectivity index (χ0n) is 11.4. The lowest BCUT2D eigenvalue weighted by Crippen LogP contribution is -2.11. The van der Waals surface area contributed by atoms with Crippen LogP contribution in [0.15, 0.2) is 36.7 Å². The Labute approximate surface area is 121 Å². The molecule has 2 N–H and O–H groups in total. The highest BCUT2D eigenvalue weighted by Crippen LogP contribution is 2.39. The van der Waals surface area contributed by atoms with E-state index in [0.717, 1.165) is 18.4 Å². The number of aromatic nitrogens is 1. The van der Waals surface area contributed by atoms with Gasteiger partial charge in [-0.1, -0.05) is 12.1 Å². The summed E-state index contributed by atoms with van der Waals surface area (Å²) in [6.07, 6.45) is 6.04. The maximum absolute atomic E-state index is 14.0. The molecule has 0 aliphatic heterocycles. The van der Waals surface area contributed by atoms with Crippen LogP contribution in [0.5, 0.6) is 0 Å². The van der Waals surface area contributed by atoms with Crippen LogP contribution >= 0.6 is 0 Å². The summed E-state index contributed by atoms with van der Waals surface area (Å²) in [4.78, 5) is 10.0. The molecule has 6 heteroatoms. The highest BCUT2D eigenvalue weighted by Gasteiger charge is 2.29. The van der Waals surface area contributed by atoms with Crippen LogP contribution in [0, 0.1) is 21.8 Å². The van der Waals surface area contributed by atoms with Gasteiger partial charge in [-0.15, -0.1) is 0 Å². The quantitative estimate of drug-likeness (QED) is 0.679. The van der Waals surface area contributed by atoms with Crippen LogP contribution in [0.2, 0.25) is 0 Å². The molecule has 2 aromatic rings. The van der Waals surface area contributed by atoms with Crippen LogP contribution in [-0.2, 0) is 6.54 Å². The molecule has 0 bridgehead atoms. The summed E-state index contributed by atoms with van der Waals surface area (Å²) in [6, 6.07) is 6.18. The second-order valence-electron chi connectivity index (χ2n) is 5.49. The monoisotopic (exact) mass is 289 g/mol. The number of halogens is 1. The number of nitro groups is 1. The number of nitro benzene ring substituents is 1. The Bertz CT molecular complexity index is 679. The third-order valence-corrected chi connectivity index (χ3v) is 3.90. The predicted molar refractivity (Wildman–Crippen MR) is 76.2 cm³/mol. The molecular weight excluding hydrogens is 273 g/mol. The lowest BCUT2D eigenvalue weighted by molar-refractivity contribution is -0.387. The Morgan fingerprint density at radius 2 is 2.19 bits per heavy atom. The fourth-order valence-corrected chi connectivity index (χ4v) is 2.51. The number of rotatable bonds is 5. The van der Waals surface area contributed by atoms with Crippen LogP contribution in [0.1, 0.15) is 30.0 Å². The Morgan fingerprint density at radius 1 is 1.43 bits per heavy atom. The molecule has 1 atom stereocenters. The normalized spacial score (nSPS) is 15.9. The number of nitrogens with two attached hydrogens (primary N) is 1. The first-order valence-electron chi connectivity index (χ1n) is 6.89. The van der Waals surface area contributed by atoms with Gasteiger partial charge in [-0.2, -0.15) is 4.39 Å². The van der Waals surface area contributed by atoms with E-state index in [-0.39, 0.29) is 12.6 Å². The SMILES string of the molecule is NC(c1ccn(Cc2cccc([N+](=O)[O-])c2F)c1)C1CC1. The van der Waals surface area contributed by atoms with Gasteiger partial charge in [0.2, 0.25) is 5.82 Å². The average Bonchev–Trinajstić information content (AvgIpc) is 3.20. The molecule has 21 heavy (non-hydrogen) atoms. The lowest BCUT2D eigenvalue weighted by Gasteiger charge is -2.08. The summed E-state index contributed by atoms with van der Waals surface area (Å²) in [6.45, 7) is 0.255. The predicted octanol–water partition coefficient (Wildman–Crippen LogP) is 2.99. The van der Waals surface area contributed by atoms with E-state index < -0.39 is 16.4 Å². The zero-order chi connectivity index (χ0) is 15.0. The topological polar surface area (TPSA) is 74.1 Å². The highest BCUT2D eigenvalue weighted by molar-refractivity contribution is 5.37. The number of nitrogens with zero attached hydrogens (tertiary/aromatic N) is 2. The molecule has 1 aromatic carbocycles. The van der Waals surface area contributed by atoms with Crippen molar-refractivity contribution in [3.63, 3.8) is 0 Å². The van der Waals surface area contributed by atoms with Crippen molar-refractivity contribution in [1.82, 2.24) is 4.57 Å². The van der Waals surface area contributed by atoms with Crippen molar-refractivity contribution < 1.29 is 9.31 Å². The van der Waals surface area contributed by atoms with Gasteiger partial charge < -0.3 is 10.3 Å². The second kappa shape index (κ2) is 5.29. The fourth-order valence-electron chi connectivity index (χ4n) is 2.51. The van der Waals surface area contributed by atoms with E-state index in [1.807, 2.05) is 18.5 Å². The van der Waals surface area contributed by atoms with E-state index in [0.29, 0.717) is 11.5 Å². The van der Waals surface area contributed by atoms with E-state index in [2.05, 4.69) is 0 Å². The molecule has 110 valence electrons. The summed E-state index contributed by atoms with van der Waals surface area (Å²) in [5.41, 5.74) is 6.96. The minimum atomic E-state index is -0.774. The van der Waals surface area contributed by atoms with Gasteiger partial charge in [0.15, 0.2) is 0 Å². The first-order valence-corrected chi connectivity index (χ1v) is 6.89. The van der Waals surface area contributed by atoms with Gasteiger partial charge >= 0.3 is 5.69 Å². The number of benzene rings is 1. The van der Waals surface area contributed by atoms with Crippen LogP contribution in [0.25, 0.3) is 0 Å². The maximum Gasteiger partial charge on any atom is 0.305 e. The summed E-state index contributed by atoms with van der Waals surface area (Å²) in [5.74, 6) is -0.223. The zero-order valence-corrected chi connectivity index (χ0v) is 11.4. The van der Waals surface area contributed by atoms with Gasteiger partial charge in [0.1, 0.15) is 0 Å². The number of hydrogen-bond acceptors (Lipinski definition) is 3. The van der Waals surface area contributed by atoms with Gasteiger partial charge in [-0.25, -0.2) is 0 Å². The molecule has 1 aromatic heterocycles. The van der Waals surface area contributed by atoms with E-state index >= 15 is 0 Å². The van der Waals surface area contributed by atoms with Crippen molar-refractivity contribution in [2.45, 2.75) is 25.4 Å². The molecule has 0 saturated heterocycles. The fraction of sp³-hybridized carbons (Fsp3) is 0.333. The molecule has 0 radical (unpaired) electrons. The number of hydrogen-bond donors (Lipinski definition) is 1. The molecule has 1 fully saturated rings. The molecule has 3 rings (SSSR count). The van der Waals surface area contributed by atoms with Crippen LogP contribution < -0.4 is 5.73 Å². The van der Waals surface area contributed by atoms with Gasteiger partial charge in [0.25, 0.3) is 0 Å². The summed E-state index contributed by atoms with van der Waals surface area (Å²) >= 11 is 0. The molecular formula is C15H16FN3O2. The van der Waals surface area contributed by atoms with E-state index in [4.69, 9.17) is 5.73 Å². The van der Waals surface area contributed by atoms with Crippen molar-refractivity contribution in [3.8, 4) is 0 Å². The molecule has 0 spiro atoms. The minimum Gasteiger partial charge on any atom is -0.349 e. The summed E-state index contributed by atoms with van der Waals surface area (Å²) in [5, 5.41) is 10.7. The minimum absolute atomic E-state index is 0.0289. The van der Waals surface area contributed by atoms with Gasteiger partial charge in [0, 0.05) is 30.1 Å². The van der Waals surface area contributed by atoms with Crippen LogP contribution in [-0.4, -0.2) is 9.49 Å². The molecule has 5 nitrogen and oxygen atoms in total. The Hall–Kier alpha value is -2.21. The van der Waals surface area contributed by atoms with Gasteiger partial charge in [0.05, 0.1) is 11.5 Å². The average molecular weight is 289 g/mol.